The maximum Gasteiger partial charge on any atom is 0.0295 e. The predicted octanol–water partition coefficient (Wildman–Crippen LogP) is 3.14. The predicted molar refractivity (Wildman–Crippen MR) is 64.6 cm³/mol. The SMILES string of the molecule is CC1(NNC2CCCCC2)CCCCC1. The molecule has 2 saturated carbocycles. The van der Waals surface area contributed by atoms with Gasteiger partial charge in [-0.05, 0) is 32.6 Å². The van der Waals surface area contributed by atoms with Crippen molar-refractivity contribution in [1.29, 1.82) is 0 Å². The van der Waals surface area contributed by atoms with Crippen molar-refractivity contribution in [2.75, 3.05) is 0 Å². The average molecular weight is 210 g/mol. The molecule has 2 aliphatic rings. The summed E-state index contributed by atoms with van der Waals surface area (Å²) in [4.78, 5) is 0. The minimum absolute atomic E-state index is 0.371. The van der Waals surface area contributed by atoms with Crippen molar-refractivity contribution in [3.8, 4) is 0 Å². The van der Waals surface area contributed by atoms with Gasteiger partial charge in [0.05, 0.1) is 0 Å². The summed E-state index contributed by atoms with van der Waals surface area (Å²) in [6.45, 7) is 2.38. The van der Waals surface area contributed by atoms with Crippen molar-refractivity contribution >= 4 is 0 Å². The van der Waals surface area contributed by atoms with Crippen LogP contribution in [0.5, 0.6) is 0 Å². The highest BCUT2D eigenvalue weighted by Crippen LogP contribution is 2.27. The van der Waals surface area contributed by atoms with Crippen LogP contribution in [0, 0.1) is 0 Å². The first-order valence-corrected chi connectivity index (χ1v) is 6.81. The monoisotopic (exact) mass is 210 g/mol. The molecule has 0 heterocycles. The number of hydrazine groups is 1. The molecule has 2 aliphatic carbocycles. The summed E-state index contributed by atoms with van der Waals surface area (Å²) in [5, 5.41) is 0. The Morgan fingerprint density at radius 1 is 0.867 bits per heavy atom. The second-order valence-electron chi connectivity index (χ2n) is 5.73. The third kappa shape index (κ3) is 3.46. The molecule has 0 saturated heterocycles. The first kappa shape index (κ1) is 11.4. The van der Waals surface area contributed by atoms with E-state index in [2.05, 4.69) is 17.8 Å². The van der Waals surface area contributed by atoms with Gasteiger partial charge in [-0.1, -0.05) is 38.5 Å². The molecule has 0 aromatic heterocycles. The number of hydrogen-bond acceptors (Lipinski definition) is 2. The number of nitrogens with one attached hydrogen (secondary N) is 2. The summed E-state index contributed by atoms with van der Waals surface area (Å²) in [5.41, 5.74) is 7.57. The van der Waals surface area contributed by atoms with E-state index in [9.17, 15) is 0 Å². The van der Waals surface area contributed by atoms with Crippen molar-refractivity contribution in [2.24, 2.45) is 0 Å². The van der Waals surface area contributed by atoms with E-state index in [0.29, 0.717) is 5.54 Å². The Bertz CT molecular complexity index is 179. The third-order valence-corrected chi connectivity index (χ3v) is 4.14. The zero-order chi connectivity index (χ0) is 10.6. The molecule has 88 valence electrons. The molecule has 2 N–H and O–H groups in total. The minimum atomic E-state index is 0.371. The van der Waals surface area contributed by atoms with Crippen molar-refractivity contribution in [3.05, 3.63) is 0 Å². The summed E-state index contributed by atoms with van der Waals surface area (Å²) in [6, 6.07) is 0.734. The normalized spacial score (nSPS) is 27.8. The van der Waals surface area contributed by atoms with Gasteiger partial charge in [-0.25, -0.2) is 0 Å². The Morgan fingerprint density at radius 3 is 2.13 bits per heavy atom. The Kier molecular flexibility index (Phi) is 4.04. The molecular formula is C13H26N2. The molecule has 15 heavy (non-hydrogen) atoms. The zero-order valence-corrected chi connectivity index (χ0v) is 10.1. The highest BCUT2D eigenvalue weighted by molar-refractivity contribution is 4.85. The Morgan fingerprint density at radius 2 is 1.47 bits per heavy atom. The quantitative estimate of drug-likeness (QED) is 0.699. The standard InChI is InChI=1S/C13H26N2/c1-13(10-6-3-7-11-13)15-14-12-8-4-2-5-9-12/h12,14-15H,2-11H2,1H3. The zero-order valence-electron chi connectivity index (χ0n) is 10.1. The molecule has 2 heteroatoms. The second-order valence-corrected chi connectivity index (χ2v) is 5.73. The van der Waals surface area contributed by atoms with Crippen molar-refractivity contribution in [3.63, 3.8) is 0 Å². The molecule has 2 nitrogen and oxygen atoms in total. The van der Waals surface area contributed by atoms with E-state index in [1.165, 1.54) is 64.2 Å². The summed E-state index contributed by atoms with van der Waals surface area (Å²) in [7, 11) is 0. The summed E-state index contributed by atoms with van der Waals surface area (Å²) in [6.07, 6.45) is 13.9. The number of hydrogen-bond donors (Lipinski definition) is 2. The lowest BCUT2D eigenvalue weighted by molar-refractivity contribution is 0.195. The van der Waals surface area contributed by atoms with Gasteiger partial charge < -0.3 is 0 Å². The molecule has 0 aromatic rings. The van der Waals surface area contributed by atoms with Crippen molar-refractivity contribution < 1.29 is 0 Å². The van der Waals surface area contributed by atoms with Crippen LogP contribution in [0.2, 0.25) is 0 Å². The molecule has 0 atom stereocenters. The Labute approximate surface area is 94.2 Å². The van der Waals surface area contributed by atoms with E-state index in [0.717, 1.165) is 6.04 Å². The second kappa shape index (κ2) is 5.31. The van der Waals surface area contributed by atoms with Gasteiger partial charge in [-0.15, -0.1) is 0 Å². The van der Waals surface area contributed by atoms with Crippen LogP contribution in [0.4, 0.5) is 0 Å². The highest BCUT2D eigenvalue weighted by Gasteiger charge is 2.27. The van der Waals surface area contributed by atoms with Crippen LogP contribution in [-0.4, -0.2) is 11.6 Å². The van der Waals surface area contributed by atoms with Crippen molar-refractivity contribution in [2.45, 2.75) is 82.7 Å². The molecule has 2 fully saturated rings. The summed E-state index contributed by atoms with van der Waals surface area (Å²) >= 11 is 0. The molecule has 0 radical (unpaired) electrons. The van der Waals surface area contributed by atoms with E-state index in [-0.39, 0.29) is 0 Å². The number of rotatable bonds is 3. The Balaban J connectivity index is 1.70. The fourth-order valence-electron chi connectivity index (χ4n) is 2.98. The van der Waals surface area contributed by atoms with Gasteiger partial charge in [0.15, 0.2) is 0 Å². The third-order valence-electron chi connectivity index (χ3n) is 4.14. The lowest BCUT2D eigenvalue weighted by Crippen LogP contribution is -2.54. The van der Waals surface area contributed by atoms with Gasteiger partial charge in [0, 0.05) is 11.6 Å². The minimum Gasteiger partial charge on any atom is -0.254 e. The van der Waals surface area contributed by atoms with Crippen LogP contribution < -0.4 is 10.9 Å². The topological polar surface area (TPSA) is 24.1 Å². The van der Waals surface area contributed by atoms with Crippen LogP contribution in [-0.2, 0) is 0 Å². The highest BCUT2D eigenvalue weighted by atomic mass is 15.4. The van der Waals surface area contributed by atoms with E-state index in [4.69, 9.17) is 0 Å². The lowest BCUT2D eigenvalue weighted by Gasteiger charge is -2.37. The van der Waals surface area contributed by atoms with Crippen LogP contribution >= 0.6 is 0 Å². The molecule has 0 bridgehead atoms. The van der Waals surface area contributed by atoms with E-state index < -0.39 is 0 Å². The molecule has 0 aromatic carbocycles. The maximum absolute atomic E-state index is 3.62. The fraction of sp³-hybridized carbons (Fsp3) is 1.00. The van der Waals surface area contributed by atoms with E-state index in [1.54, 1.807) is 0 Å². The van der Waals surface area contributed by atoms with Gasteiger partial charge in [0.1, 0.15) is 0 Å². The van der Waals surface area contributed by atoms with Crippen LogP contribution in [0.3, 0.4) is 0 Å². The van der Waals surface area contributed by atoms with Gasteiger partial charge in [-0.3, -0.25) is 10.9 Å². The first-order chi connectivity index (χ1) is 7.29. The van der Waals surface area contributed by atoms with Crippen LogP contribution in [0.1, 0.15) is 71.1 Å². The maximum atomic E-state index is 3.62. The van der Waals surface area contributed by atoms with Gasteiger partial charge in [0.25, 0.3) is 0 Å². The first-order valence-electron chi connectivity index (χ1n) is 6.81. The summed E-state index contributed by atoms with van der Waals surface area (Å²) in [5.74, 6) is 0. The molecule has 0 amide bonds. The lowest BCUT2D eigenvalue weighted by atomic mass is 9.84. The van der Waals surface area contributed by atoms with Crippen LogP contribution in [0.15, 0.2) is 0 Å². The van der Waals surface area contributed by atoms with E-state index in [1.807, 2.05) is 0 Å². The average Bonchev–Trinajstić information content (AvgIpc) is 2.29. The molecule has 2 rings (SSSR count). The van der Waals surface area contributed by atoms with Gasteiger partial charge >= 0.3 is 0 Å². The van der Waals surface area contributed by atoms with E-state index >= 15 is 0 Å². The van der Waals surface area contributed by atoms with Gasteiger partial charge in [0.2, 0.25) is 0 Å². The fourth-order valence-corrected chi connectivity index (χ4v) is 2.98. The van der Waals surface area contributed by atoms with Crippen molar-refractivity contribution in [1.82, 2.24) is 10.9 Å². The molecule has 0 spiro atoms. The van der Waals surface area contributed by atoms with Crippen LogP contribution in [0.25, 0.3) is 0 Å². The largest absolute Gasteiger partial charge is 0.254 e. The molecule has 0 aliphatic heterocycles. The smallest absolute Gasteiger partial charge is 0.0295 e. The Hall–Kier alpha value is -0.0800. The molecular weight excluding hydrogens is 184 g/mol. The summed E-state index contributed by atoms with van der Waals surface area (Å²) < 4.78 is 0. The molecule has 0 unspecified atom stereocenters. The van der Waals surface area contributed by atoms with Gasteiger partial charge in [-0.2, -0.15) is 0 Å².